The van der Waals surface area contributed by atoms with Gasteiger partial charge in [0.2, 0.25) is 5.96 Å². The number of rotatable bonds is 5. The van der Waals surface area contributed by atoms with Crippen LogP contribution in [0.2, 0.25) is 0 Å². The largest absolute Gasteiger partial charge is 0.379 e. The number of fused-ring (bicyclic) bond motifs is 1. The van der Waals surface area contributed by atoms with Crippen molar-refractivity contribution in [2.24, 2.45) is 4.99 Å². The van der Waals surface area contributed by atoms with E-state index in [1.54, 1.807) is 6.20 Å². The summed E-state index contributed by atoms with van der Waals surface area (Å²) in [4.78, 5) is 28.2. The van der Waals surface area contributed by atoms with Crippen molar-refractivity contribution in [2.75, 3.05) is 38.2 Å². The van der Waals surface area contributed by atoms with Crippen molar-refractivity contribution in [1.29, 1.82) is 0 Å². The summed E-state index contributed by atoms with van der Waals surface area (Å²) in [5.74, 6) is 0.419. The lowest BCUT2D eigenvalue weighted by molar-refractivity contribution is 0.0336. The van der Waals surface area contributed by atoms with Crippen LogP contribution in [0.5, 0.6) is 0 Å². The predicted octanol–water partition coefficient (Wildman–Crippen LogP) is 3.24. The van der Waals surface area contributed by atoms with E-state index in [0.29, 0.717) is 19.0 Å². The molecule has 0 radical (unpaired) electrons. The average Bonchev–Trinajstić information content (AvgIpc) is 2.90. The van der Waals surface area contributed by atoms with Crippen molar-refractivity contribution in [3.05, 3.63) is 66.1 Å². The monoisotopic (exact) mass is 471 g/mol. The fourth-order valence-corrected chi connectivity index (χ4v) is 4.25. The maximum Gasteiger partial charge on any atom is 0.321 e. The molecule has 5 rings (SSSR count). The Morgan fingerprint density at radius 2 is 2.00 bits per heavy atom. The summed E-state index contributed by atoms with van der Waals surface area (Å²) in [5, 5.41) is 8.79. The molecule has 3 aromatic rings. The molecular formula is C26H29N7O2. The number of nitrogens with zero attached hydrogens (tertiary/aromatic N) is 4. The molecule has 35 heavy (non-hydrogen) atoms. The molecule has 180 valence electrons. The Labute approximate surface area is 204 Å². The van der Waals surface area contributed by atoms with Crippen LogP contribution in [0.15, 0.2) is 59.9 Å². The number of aliphatic imine (C=N–C) groups is 1. The van der Waals surface area contributed by atoms with Crippen LogP contribution in [0.3, 0.4) is 0 Å². The number of guanidine groups is 1. The Kier molecular flexibility index (Phi) is 6.97. The third-order valence-electron chi connectivity index (χ3n) is 6.03. The van der Waals surface area contributed by atoms with E-state index < -0.39 is 0 Å². The second-order valence-electron chi connectivity index (χ2n) is 8.47. The number of anilines is 1. The van der Waals surface area contributed by atoms with Crippen LogP contribution in [-0.4, -0.2) is 59.7 Å². The maximum atomic E-state index is 12.0. The second-order valence-corrected chi connectivity index (χ2v) is 8.47. The first-order valence-corrected chi connectivity index (χ1v) is 11.9. The standard InChI is InChI=1S/C26H29N7O2/c1-2-27-26(34)32-25-30-16-20-13-19(14-22(24(20)31-25)23-5-3-4-8-28-23)18-6-7-21(29-15-18)17-33-9-11-35-12-10-33/h3-8,13-15H,2,9-12,16-17H2,1H3,(H3,27,30,31,32,34). The highest BCUT2D eigenvalue weighted by Crippen LogP contribution is 2.37. The minimum Gasteiger partial charge on any atom is -0.379 e. The van der Waals surface area contributed by atoms with Gasteiger partial charge in [-0.05, 0) is 48.4 Å². The average molecular weight is 472 g/mol. The number of benzene rings is 1. The molecule has 9 heteroatoms. The minimum atomic E-state index is -0.290. The molecule has 0 atom stereocenters. The number of urea groups is 1. The molecule has 1 aromatic carbocycles. The molecule has 3 N–H and O–H groups in total. The maximum absolute atomic E-state index is 12.0. The Bertz CT molecular complexity index is 1210. The number of amides is 2. The Morgan fingerprint density at radius 3 is 2.74 bits per heavy atom. The van der Waals surface area contributed by atoms with E-state index in [4.69, 9.17) is 9.72 Å². The molecular weight excluding hydrogens is 442 g/mol. The van der Waals surface area contributed by atoms with Crippen LogP contribution in [0.1, 0.15) is 18.2 Å². The van der Waals surface area contributed by atoms with Crippen molar-refractivity contribution in [3.63, 3.8) is 0 Å². The molecule has 0 spiro atoms. The fraction of sp³-hybridized carbons (Fsp3) is 0.308. The molecule has 0 aliphatic carbocycles. The molecule has 0 saturated carbocycles. The quantitative estimate of drug-likeness (QED) is 0.528. The van der Waals surface area contributed by atoms with Gasteiger partial charge in [0.05, 0.1) is 36.8 Å². The van der Waals surface area contributed by atoms with Gasteiger partial charge in [-0.1, -0.05) is 12.1 Å². The highest BCUT2D eigenvalue weighted by molar-refractivity contribution is 6.07. The van der Waals surface area contributed by atoms with Crippen LogP contribution in [-0.2, 0) is 17.8 Å². The number of hydrogen-bond acceptors (Lipinski definition) is 7. The fourth-order valence-electron chi connectivity index (χ4n) is 4.25. The summed E-state index contributed by atoms with van der Waals surface area (Å²) in [5.41, 5.74) is 6.84. The summed E-state index contributed by atoms with van der Waals surface area (Å²) < 4.78 is 5.44. The molecule has 1 saturated heterocycles. The van der Waals surface area contributed by atoms with Gasteiger partial charge in [-0.3, -0.25) is 20.2 Å². The smallest absolute Gasteiger partial charge is 0.321 e. The van der Waals surface area contributed by atoms with E-state index in [0.717, 1.165) is 72.2 Å². The van der Waals surface area contributed by atoms with Crippen LogP contribution < -0.4 is 16.0 Å². The second kappa shape index (κ2) is 10.6. The minimum absolute atomic E-state index is 0.290. The zero-order chi connectivity index (χ0) is 24.0. The van der Waals surface area contributed by atoms with Gasteiger partial charge >= 0.3 is 6.03 Å². The molecule has 0 bridgehead atoms. The zero-order valence-corrected chi connectivity index (χ0v) is 19.8. The molecule has 4 heterocycles. The van der Waals surface area contributed by atoms with Crippen molar-refractivity contribution < 1.29 is 9.53 Å². The van der Waals surface area contributed by atoms with E-state index in [1.165, 1.54) is 0 Å². The summed E-state index contributed by atoms with van der Waals surface area (Å²) >= 11 is 0. The third kappa shape index (κ3) is 5.47. The predicted molar refractivity (Wildman–Crippen MR) is 136 cm³/mol. The first-order valence-electron chi connectivity index (χ1n) is 11.9. The van der Waals surface area contributed by atoms with Crippen molar-refractivity contribution >= 4 is 17.7 Å². The molecule has 2 amide bonds. The van der Waals surface area contributed by atoms with Gasteiger partial charge in [0, 0.05) is 49.7 Å². The van der Waals surface area contributed by atoms with Crippen LogP contribution in [0.25, 0.3) is 22.4 Å². The van der Waals surface area contributed by atoms with Gasteiger partial charge in [-0.15, -0.1) is 0 Å². The Hall–Kier alpha value is -3.82. The number of pyridine rings is 2. The number of ether oxygens (including phenoxy) is 1. The van der Waals surface area contributed by atoms with Crippen LogP contribution >= 0.6 is 0 Å². The number of aromatic nitrogens is 2. The van der Waals surface area contributed by atoms with E-state index in [1.807, 2.05) is 31.3 Å². The van der Waals surface area contributed by atoms with E-state index in [2.05, 4.69) is 55.1 Å². The molecule has 2 aliphatic rings. The lowest BCUT2D eigenvalue weighted by atomic mass is 9.95. The van der Waals surface area contributed by atoms with Gasteiger partial charge in [-0.2, -0.15) is 0 Å². The molecule has 1 fully saturated rings. The SMILES string of the molecule is CCNC(=O)NC1=NCc2cc(-c3ccc(CN4CCOCC4)nc3)cc(-c3ccccn3)c2N1. The van der Waals surface area contributed by atoms with Gasteiger partial charge in [0.25, 0.3) is 0 Å². The number of carbonyl (C=O) groups excluding carboxylic acids is 1. The Balaban J connectivity index is 1.43. The van der Waals surface area contributed by atoms with Gasteiger partial charge in [0.1, 0.15) is 0 Å². The number of nitrogens with one attached hydrogen (secondary N) is 3. The summed E-state index contributed by atoms with van der Waals surface area (Å²) in [6.45, 7) is 7.11. The number of carbonyl (C=O) groups is 1. The van der Waals surface area contributed by atoms with Crippen LogP contribution in [0.4, 0.5) is 10.5 Å². The van der Waals surface area contributed by atoms with Gasteiger partial charge in [-0.25, -0.2) is 9.79 Å². The third-order valence-corrected chi connectivity index (χ3v) is 6.03. The summed E-state index contributed by atoms with van der Waals surface area (Å²) in [7, 11) is 0. The molecule has 2 aliphatic heterocycles. The molecule has 0 unspecified atom stereocenters. The molecule has 9 nitrogen and oxygen atoms in total. The highest BCUT2D eigenvalue weighted by Gasteiger charge is 2.20. The van der Waals surface area contributed by atoms with Crippen LogP contribution in [0, 0.1) is 0 Å². The summed E-state index contributed by atoms with van der Waals surface area (Å²) in [6, 6.07) is 14.0. The highest BCUT2D eigenvalue weighted by atomic mass is 16.5. The van der Waals surface area contributed by atoms with Crippen molar-refractivity contribution in [1.82, 2.24) is 25.5 Å². The van der Waals surface area contributed by atoms with E-state index >= 15 is 0 Å². The van der Waals surface area contributed by atoms with Crippen molar-refractivity contribution in [3.8, 4) is 22.4 Å². The van der Waals surface area contributed by atoms with Crippen molar-refractivity contribution in [2.45, 2.75) is 20.0 Å². The number of morpholine rings is 1. The first-order chi connectivity index (χ1) is 17.2. The zero-order valence-electron chi connectivity index (χ0n) is 19.8. The lowest BCUT2D eigenvalue weighted by Gasteiger charge is -2.26. The topological polar surface area (TPSA) is 104 Å². The van der Waals surface area contributed by atoms with E-state index in [-0.39, 0.29) is 6.03 Å². The Morgan fingerprint density at radius 1 is 1.11 bits per heavy atom. The lowest BCUT2D eigenvalue weighted by Crippen LogP contribution is -2.43. The number of hydrogen-bond donors (Lipinski definition) is 3. The van der Waals surface area contributed by atoms with E-state index in [9.17, 15) is 4.79 Å². The normalized spacial score (nSPS) is 15.5. The molecule has 2 aromatic heterocycles. The van der Waals surface area contributed by atoms with Gasteiger partial charge < -0.3 is 15.4 Å². The first kappa shape index (κ1) is 22.9. The van der Waals surface area contributed by atoms with Gasteiger partial charge in [0.15, 0.2) is 0 Å². The summed E-state index contributed by atoms with van der Waals surface area (Å²) in [6.07, 6.45) is 3.71.